The molecule has 0 fully saturated rings. The zero-order chi connectivity index (χ0) is 18.1. The van der Waals surface area contributed by atoms with Gasteiger partial charge in [-0.3, -0.25) is 9.89 Å². The quantitative estimate of drug-likeness (QED) is 0.607. The van der Waals surface area contributed by atoms with Crippen LogP contribution in [0.15, 0.2) is 18.2 Å². The fourth-order valence-electron chi connectivity index (χ4n) is 2.99. The zero-order valence-corrected chi connectivity index (χ0v) is 15.6. The molecule has 3 N–H and O–H groups in total. The topological polar surface area (TPSA) is 123 Å². The van der Waals surface area contributed by atoms with Crippen molar-refractivity contribution in [2.75, 3.05) is 19.0 Å². The third kappa shape index (κ3) is 3.49. The summed E-state index contributed by atoms with van der Waals surface area (Å²) in [5, 5.41) is 24.8. The molecule has 10 nitrogen and oxygen atoms in total. The Kier molecular flexibility index (Phi) is 5.38. The van der Waals surface area contributed by atoms with E-state index in [9.17, 15) is 4.79 Å². The maximum atomic E-state index is 12.7. The van der Waals surface area contributed by atoms with Crippen molar-refractivity contribution in [2.24, 2.45) is 0 Å². The largest absolute Gasteiger partial charge is 0.494 e. The van der Waals surface area contributed by atoms with Crippen molar-refractivity contribution < 1.29 is 9.53 Å². The van der Waals surface area contributed by atoms with E-state index < -0.39 is 0 Å². The van der Waals surface area contributed by atoms with Crippen LogP contribution < -0.4 is 15.4 Å². The fourth-order valence-corrected chi connectivity index (χ4v) is 2.99. The molecule has 0 saturated heterocycles. The van der Waals surface area contributed by atoms with Crippen LogP contribution in [0.2, 0.25) is 0 Å². The highest BCUT2D eigenvalue weighted by molar-refractivity contribution is 6.04. The van der Waals surface area contributed by atoms with E-state index in [0.717, 1.165) is 24.2 Å². The third-order valence-corrected chi connectivity index (χ3v) is 4.31. The molecule has 0 saturated carbocycles. The summed E-state index contributed by atoms with van der Waals surface area (Å²) in [4.78, 5) is 12.7. The molecule has 3 heterocycles. The van der Waals surface area contributed by atoms with Gasteiger partial charge in [0.15, 0.2) is 11.5 Å². The van der Waals surface area contributed by atoms with Crippen molar-refractivity contribution in [3.05, 3.63) is 41.0 Å². The maximum absolute atomic E-state index is 12.7. The summed E-state index contributed by atoms with van der Waals surface area (Å²) in [6.45, 7) is 3.29. The number of tetrazole rings is 1. The Balaban J connectivity index is 0.00000210. The predicted molar refractivity (Wildman–Crippen MR) is 99.6 cm³/mol. The molecule has 27 heavy (non-hydrogen) atoms. The van der Waals surface area contributed by atoms with Gasteiger partial charge < -0.3 is 15.4 Å². The number of hydrogen-bond donors (Lipinski definition) is 3. The standard InChI is InChI=1S/C16H18N8O2.ClH/c1-9-19-22-23-24(9)13-7-10(3-4-14(13)26-2)18-16(25)15-11-8-17-6-5-12(11)20-21-15;/h3-4,7,17H,5-6,8H2,1-2H3,(H,18,25)(H,20,21);1H. The van der Waals surface area contributed by atoms with Gasteiger partial charge in [0.2, 0.25) is 0 Å². The smallest absolute Gasteiger partial charge is 0.276 e. The molecule has 0 bridgehead atoms. The van der Waals surface area contributed by atoms with Crippen LogP contribution in [0.25, 0.3) is 5.69 Å². The highest BCUT2D eigenvalue weighted by Gasteiger charge is 2.22. The van der Waals surface area contributed by atoms with Crippen molar-refractivity contribution in [2.45, 2.75) is 19.9 Å². The molecular formula is C16H19ClN8O2. The number of carbonyl (C=O) groups is 1. The van der Waals surface area contributed by atoms with E-state index in [1.54, 1.807) is 36.9 Å². The number of aromatic amines is 1. The van der Waals surface area contributed by atoms with Crippen LogP contribution >= 0.6 is 12.4 Å². The molecule has 3 aromatic rings. The van der Waals surface area contributed by atoms with Gasteiger partial charge in [-0.05, 0) is 35.5 Å². The first-order valence-corrected chi connectivity index (χ1v) is 8.19. The second kappa shape index (κ2) is 7.72. The van der Waals surface area contributed by atoms with E-state index in [4.69, 9.17) is 4.74 Å². The van der Waals surface area contributed by atoms with Gasteiger partial charge in [-0.25, -0.2) is 0 Å². The van der Waals surface area contributed by atoms with Crippen molar-refractivity contribution in [3.8, 4) is 11.4 Å². The Morgan fingerprint density at radius 1 is 1.37 bits per heavy atom. The van der Waals surface area contributed by atoms with E-state index in [2.05, 4.69) is 36.4 Å². The van der Waals surface area contributed by atoms with Crippen molar-refractivity contribution >= 4 is 24.0 Å². The van der Waals surface area contributed by atoms with Crippen LogP contribution in [0.3, 0.4) is 0 Å². The molecule has 2 aromatic heterocycles. The van der Waals surface area contributed by atoms with E-state index >= 15 is 0 Å². The summed E-state index contributed by atoms with van der Waals surface area (Å²) < 4.78 is 6.93. The molecule has 0 radical (unpaired) electrons. The molecule has 0 aliphatic carbocycles. The average Bonchev–Trinajstić information content (AvgIpc) is 3.27. The van der Waals surface area contributed by atoms with E-state index in [1.807, 2.05) is 0 Å². The van der Waals surface area contributed by atoms with Gasteiger partial charge >= 0.3 is 0 Å². The number of benzene rings is 1. The van der Waals surface area contributed by atoms with E-state index in [1.165, 1.54) is 0 Å². The molecule has 1 aliphatic heterocycles. The van der Waals surface area contributed by atoms with Crippen LogP contribution in [0.5, 0.6) is 5.75 Å². The Hall–Kier alpha value is -2.98. The second-order valence-electron chi connectivity index (χ2n) is 5.93. The van der Waals surface area contributed by atoms with Crippen LogP contribution in [-0.4, -0.2) is 50.0 Å². The fraction of sp³-hybridized carbons (Fsp3) is 0.312. The highest BCUT2D eigenvalue weighted by Crippen LogP contribution is 2.27. The summed E-state index contributed by atoms with van der Waals surface area (Å²) in [5.74, 6) is 0.940. The number of aromatic nitrogens is 6. The molecule has 1 aromatic carbocycles. The first kappa shape index (κ1) is 18.8. The van der Waals surface area contributed by atoms with Gasteiger partial charge in [0, 0.05) is 36.5 Å². The number of carbonyl (C=O) groups excluding carboxylic acids is 1. The normalized spacial score (nSPS) is 12.8. The highest BCUT2D eigenvalue weighted by atomic mass is 35.5. The Morgan fingerprint density at radius 3 is 2.96 bits per heavy atom. The van der Waals surface area contributed by atoms with Crippen LogP contribution in [-0.2, 0) is 13.0 Å². The Labute approximate surface area is 161 Å². The lowest BCUT2D eigenvalue weighted by atomic mass is 10.1. The van der Waals surface area contributed by atoms with Gasteiger partial charge in [0.25, 0.3) is 5.91 Å². The number of rotatable bonds is 4. The van der Waals surface area contributed by atoms with Crippen LogP contribution in [0, 0.1) is 6.92 Å². The van der Waals surface area contributed by atoms with Gasteiger partial charge in [-0.15, -0.1) is 17.5 Å². The van der Waals surface area contributed by atoms with E-state index in [-0.39, 0.29) is 18.3 Å². The number of halogens is 1. The first-order valence-electron chi connectivity index (χ1n) is 8.19. The number of aryl methyl sites for hydroxylation is 1. The monoisotopic (exact) mass is 390 g/mol. The maximum Gasteiger partial charge on any atom is 0.276 e. The zero-order valence-electron chi connectivity index (χ0n) is 14.8. The van der Waals surface area contributed by atoms with Crippen LogP contribution in [0.4, 0.5) is 5.69 Å². The molecule has 1 aliphatic rings. The summed E-state index contributed by atoms with van der Waals surface area (Å²) in [6.07, 6.45) is 0.834. The number of nitrogens with zero attached hydrogens (tertiary/aromatic N) is 5. The molecule has 4 rings (SSSR count). The Bertz CT molecular complexity index is 967. The summed E-state index contributed by atoms with van der Waals surface area (Å²) in [7, 11) is 1.57. The molecule has 142 valence electrons. The number of methoxy groups -OCH3 is 1. The molecule has 11 heteroatoms. The number of anilines is 1. The molecule has 1 amide bonds. The lowest BCUT2D eigenvalue weighted by Gasteiger charge is -2.14. The number of nitrogens with one attached hydrogen (secondary N) is 3. The van der Waals surface area contributed by atoms with E-state index in [0.29, 0.717) is 35.2 Å². The molecular weight excluding hydrogens is 372 g/mol. The summed E-state index contributed by atoms with van der Waals surface area (Å²) >= 11 is 0. The summed E-state index contributed by atoms with van der Waals surface area (Å²) in [6, 6.07) is 5.28. The third-order valence-electron chi connectivity index (χ3n) is 4.31. The SMILES string of the molecule is COc1ccc(NC(=O)c2n[nH]c3c2CNCC3)cc1-n1nnnc1C.Cl. The minimum Gasteiger partial charge on any atom is -0.494 e. The minimum atomic E-state index is -0.268. The minimum absolute atomic E-state index is 0. The predicted octanol–water partition coefficient (Wildman–Crippen LogP) is 1.02. The van der Waals surface area contributed by atoms with Crippen molar-refractivity contribution in [1.29, 1.82) is 0 Å². The first-order chi connectivity index (χ1) is 12.7. The molecule has 0 spiro atoms. The lowest BCUT2D eigenvalue weighted by molar-refractivity contribution is 0.102. The Morgan fingerprint density at radius 2 is 2.22 bits per heavy atom. The van der Waals surface area contributed by atoms with Gasteiger partial charge in [-0.1, -0.05) is 0 Å². The number of ether oxygens (including phenoxy) is 1. The van der Waals surface area contributed by atoms with Crippen molar-refractivity contribution in [3.63, 3.8) is 0 Å². The van der Waals surface area contributed by atoms with Crippen LogP contribution in [0.1, 0.15) is 27.6 Å². The summed E-state index contributed by atoms with van der Waals surface area (Å²) in [5.41, 5.74) is 3.57. The number of amides is 1. The number of fused-ring (bicyclic) bond motifs is 1. The van der Waals surface area contributed by atoms with Crippen molar-refractivity contribution in [1.82, 2.24) is 35.7 Å². The van der Waals surface area contributed by atoms with Gasteiger partial charge in [0.05, 0.1) is 7.11 Å². The molecule has 0 unspecified atom stereocenters. The van der Waals surface area contributed by atoms with Gasteiger partial charge in [0.1, 0.15) is 11.4 Å². The second-order valence-corrected chi connectivity index (χ2v) is 5.93. The van der Waals surface area contributed by atoms with Gasteiger partial charge in [-0.2, -0.15) is 9.78 Å². The lowest BCUT2D eigenvalue weighted by Crippen LogP contribution is -2.25. The molecule has 0 atom stereocenters. The number of hydrogen-bond acceptors (Lipinski definition) is 7. The average molecular weight is 391 g/mol. The number of H-pyrrole nitrogens is 1.